The topological polar surface area (TPSA) is 56.3 Å². The molecule has 2 rings (SSSR count). The van der Waals surface area contributed by atoms with Gasteiger partial charge in [-0.25, -0.2) is 4.98 Å². The first-order chi connectivity index (χ1) is 8.24. The maximum atomic E-state index is 5.64. The smallest absolute Gasteiger partial charge is 0.232 e. The maximum absolute atomic E-state index is 5.64. The Morgan fingerprint density at radius 2 is 2.35 bits per heavy atom. The van der Waals surface area contributed by atoms with Crippen LogP contribution in [-0.4, -0.2) is 35.3 Å². The molecular formula is C12H19N3O2. The van der Waals surface area contributed by atoms with Gasteiger partial charge in [0.25, 0.3) is 0 Å². The standard InChI is InChI=1S/C12H19N3O2/c1-9(2)13-5-10-6-15-12(7-14-10)17-11-3-4-16-8-11/h6-7,9,11,13H,3-5,8H2,1-2H3. The van der Waals surface area contributed by atoms with Crippen molar-refractivity contribution in [3.05, 3.63) is 18.1 Å². The van der Waals surface area contributed by atoms with Gasteiger partial charge in [-0.15, -0.1) is 0 Å². The summed E-state index contributed by atoms with van der Waals surface area (Å²) in [5, 5.41) is 3.29. The molecule has 17 heavy (non-hydrogen) atoms. The Morgan fingerprint density at radius 3 is 2.94 bits per heavy atom. The highest BCUT2D eigenvalue weighted by Crippen LogP contribution is 2.13. The average Bonchev–Trinajstić information content (AvgIpc) is 2.81. The van der Waals surface area contributed by atoms with E-state index in [1.807, 2.05) is 0 Å². The summed E-state index contributed by atoms with van der Waals surface area (Å²) in [6, 6.07) is 0.448. The molecule has 1 aliphatic heterocycles. The van der Waals surface area contributed by atoms with Gasteiger partial charge in [-0.2, -0.15) is 0 Å². The van der Waals surface area contributed by atoms with E-state index in [0.717, 1.165) is 25.3 Å². The van der Waals surface area contributed by atoms with Crippen LogP contribution in [0.3, 0.4) is 0 Å². The van der Waals surface area contributed by atoms with E-state index in [4.69, 9.17) is 9.47 Å². The van der Waals surface area contributed by atoms with E-state index >= 15 is 0 Å². The summed E-state index contributed by atoms with van der Waals surface area (Å²) in [6.07, 6.45) is 4.48. The van der Waals surface area contributed by atoms with Crippen LogP contribution in [0, 0.1) is 0 Å². The third kappa shape index (κ3) is 3.94. The highest BCUT2D eigenvalue weighted by Gasteiger charge is 2.17. The molecule has 2 heterocycles. The molecular weight excluding hydrogens is 218 g/mol. The van der Waals surface area contributed by atoms with Crippen LogP contribution >= 0.6 is 0 Å². The number of nitrogens with zero attached hydrogens (tertiary/aromatic N) is 2. The maximum Gasteiger partial charge on any atom is 0.232 e. The first kappa shape index (κ1) is 12.3. The Morgan fingerprint density at radius 1 is 1.47 bits per heavy atom. The highest BCUT2D eigenvalue weighted by atomic mass is 16.5. The lowest BCUT2D eigenvalue weighted by Gasteiger charge is -2.11. The molecule has 0 bridgehead atoms. The Kier molecular flexibility index (Phi) is 4.28. The van der Waals surface area contributed by atoms with Crippen LogP contribution in [0.25, 0.3) is 0 Å². The van der Waals surface area contributed by atoms with Crippen molar-refractivity contribution in [1.82, 2.24) is 15.3 Å². The monoisotopic (exact) mass is 237 g/mol. The van der Waals surface area contributed by atoms with Crippen LogP contribution in [0.15, 0.2) is 12.4 Å². The van der Waals surface area contributed by atoms with Gasteiger partial charge in [0.05, 0.1) is 31.3 Å². The van der Waals surface area contributed by atoms with Gasteiger partial charge in [-0.3, -0.25) is 4.98 Å². The minimum absolute atomic E-state index is 0.129. The second-order valence-electron chi connectivity index (χ2n) is 4.49. The van der Waals surface area contributed by atoms with E-state index in [2.05, 4.69) is 29.1 Å². The van der Waals surface area contributed by atoms with Gasteiger partial charge in [0.15, 0.2) is 0 Å². The number of nitrogens with one attached hydrogen (secondary N) is 1. The molecule has 1 aromatic heterocycles. The molecule has 5 nitrogen and oxygen atoms in total. The minimum atomic E-state index is 0.129. The van der Waals surface area contributed by atoms with Crippen molar-refractivity contribution < 1.29 is 9.47 Å². The van der Waals surface area contributed by atoms with Crippen LogP contribution in [-0.2, 0) is 11.3 Å². The summed E-state index contributed by atoms with van der Waals surface area (Å²) < 4.78 is 10.9. The van der Waals surface area contributed by atoms with Crippen molar-refractivity contribution in [2.24, 2.45) is 0 Å². The highest BCUT2D eigenvalue weighted by molar-refractivity contribution is 5.07. The summed E-state index contributed by atoms with van der Waals surface area (Å²) in [5.41, 5.74) is 0.925. The van der Waals surface area contributed by atoms with Crippen molar-refractivity contribution in [2.75, 3.05) is 13.2 Å². The lowest BCUT2D eigenvalue weighted by Crippen LogP contribution is -2.22. The second kappa shape index (κ2) is 5.93. The molecule has 1 aromatic rings. The van der Waals surface area contributed by atoms with Crippen molar-refractivity contribution >= 4 is 0 Å². The quantitative estimate of drug-likeness (QED) is 0.832. The van der Waals surface area contributed by atoms with Gasteiger partial charge < -0.3 is 14.8 Å². The summed E-state index contributed by atoms with van der Waals surface area (Å²) in [6.45, 7) is 6.36. The molecule has 0 saturated carbocycles. The largest absolute Gasteiger partial charge is 0.471 e. The van der Waals surface area contributed by atoms with E-state index < -0.39 is 0 Å². The second-order valence-corrected chi connectivity index (χ2v) is 4.49. The van der Waals surface area contributed by atoms with E-state index in [-0.39, 0.29) is 6.10 Å². The Hall–Kier alpha value is -1.20. The molecule has 1 unspecified atom stereocenters. The summed E-state index contributed by atoms with van der Waals surface area (Å²) in [5.74, 6) is 0.578. The van der Waals surface area contributed by atoms with Crippen molar-refractivity contribution in [3.8, 4) is 5.88 Å². The van der Waals surface area contributed by atoms with Crippen molar-refractivity contribution in [3.63, 3.8) is 0 Å². The van der Waals surface area contributed by atoms with Crippen molar-refractivity contribution in [1.29, 1.82) is 0 Å². The zero-order valence-electron chi connectivity index (χ0n) is 10.3. The molecule has 1 aliphatic rings. The van der Waals surface area contributed by atoms with Crippen LogP contribution < -0.4 is 10.1 Å². The van der Waals surface area contributed by atoms with E-state index in [0.29, 0.717) is 18.5 Å². The molecule has 1 saturated heterocycles. The first-order valence-electron chi connectivity index (χ1n) is 6.03. The van der Waals surface area contributed by atoms with Gasteiger partial charge in [-0.1, -0.05) is 13.8 Å². The number of ether oxygens (including phenoxy) is 2. The fourth-order valence-electron chi connectivity index (χ4n) is 1.58. The fourth-order valence-corrected chi connectivity index (χ4v) is 1.58. The zero-order chi connectivity index (χ0) is 12.1. The molecule has 0 radical (unpaired) electrons. The van der Waals surface area contributed by atoms with Gasteiger partial charge in [0.1, 0.15) is 6.10 Å². The third-order valence-electron chi connectivity index (χ3n) is 2.55. The Balaban J connectivity index is 1.84. The third-order valence-corrected chi connectivity index (χ3v) is 2.55. The minimum Gasteiger partial charge on any atom is -0.471 e. The SMILES string of the molecule is CC(C)NCc1cnc(OC2CCOC2)cn1. The molecule has 5 heteroatoms. The molecule has 1 fully saturated rings. The van der Waals surface area contributed by atoms with Crippen molar-refractivity contribution in [2.45, 2.75) is 39.0 Å². The van der Waals surface area contributed by atoms with E-state index in [1.54, 1.807) is 12.4 Å². The fraction of sp³-hybridized carbons (Fsp3) is 0.667. The Labute approximate surface area is 102 Å². The lowest BCUT2D eigenvalue weighted by atomic mass is 10.3. The summed E-state index contributed by atoms with van der Waals surface area (Å²) >= 11 is 0. The molecule has 0 aromatic carbocycles. The van der Waals surface area contributed by atoms with Crippen LogP contribution in [0.1, 0.15) is 26.0 Å². The summed E-state index contributed by atoms with van der Waals surface area (Å²) in [7, 11) is 0. The van der Waals surface area contributed by atoms with Gasteiger partial charge in [0.2, 0.25) is 5.88 Å². The normalized spacial score (nSPS) is 19.8. The molecule has 1 N–H and O–H groups in total. The molecule has 0 aliphatic carbocycles. The predicted molar refractivity (Wildman–Crippen MR) is 63.9 cm³/mol. The molecule has 1 atom stereocenters. The van der Waals surface area contributed by atoms with Crippen LogP contribution in [0.4, 0.5) is 0 Å². The molecule has 0 spiro atoms. The number of rotatable bonds is 5. The number of hydrogen-bond donors (Lipinski definition) is 1. The van der Waals surface area contributed by atoms with Crippen LogP contribution in [0.5, 0.6) is 5.88 Å². The predicted octanol–water partition coefficient (Wildman–Crippen LogP) is 1.14. The first-order valence-corrected chi connectivity index (χ1v) is 6.03. The van der Waals surface area contributed by atoms with Crippen LogP contribution in [0.2, 0.25) is 0 Å². The number of hydrogen-bond acceptors (Lipinski definition) is 5. The average molecular weight is 237 g/mol. The van der Waals surface area contributed by atoms with Gasteiger partial charge in [0, 0.05) is 19.0 Å². The molecule has 0 amide bonds. The lowest BCUT2D eigenvalue weighted by molar-refractivity contribution is 0.137. The molecule has 94 valence electrons. The van der Waals surface area contributed by atoms with E-state index in [1.165, 1.54) is 0 Å². The van der Waals surface area contributed by atoms with Gasteiger partial charge >= 0.3 is 0 Å². The Bertz CT molecular complexity index is 334. The number of aromatic nitrogens is 2. The zero-order valence-corrected chi connectivity index (χ0v) is 10.3. The van der Waals surface area contributed by atoms with E-state index in [9.17, 15) is 0 Å². The van der Waals surface area contributed by atoms with Gasteiger partial charge in [-0.05, 0) is 0 Å². The summed E-state index contributed by atoms with van der Waals surface area (Å²) in [4.78, 5) is 8.54.